The van der Waals surface area contributed by atoms with Crippen molar-refractivity contribution in [3.63, 3.8) is 0 Å². The molecular formula is C16H22ClNO. The molecule has 1 heterocycles. The molecule has 0 radical (unpaired) electrons. The largest absolute Gasteiger partial charge is 0.316 e. The third-order valence-corrected chi connectivity index (χ3v) is 4.48. The smallest absolute Gasteiger partial charge is 0.144 e. The number of hydrogen-bond acceptors (Lipinski definition) is 2. The van der Waals surface area contributed by atoms with Crippen molar-refractivity contribution in [3.05, 3.63) is 34.3 Å². The molecule has 104 valence electrons. The van der Waals surface area contributed by atoms with E-state index in [4.69, 9.17) is 11.6 Å². The summed E-state index contributed by atoms with van der Waals surface area (Å²) >= 11 is 6.23. The number of halogens is 1. The Labute approximate surface area is 120 Å². The van der Waals surface area contributed by atoms with E-state index < -0.39 is 0 Å². The summed E-state index contributed by atoms with van der Waals surface area (Å²) in [7, 11) is 0. The van der Waals surface area contributed by atoms with Crippen molar-refractivity contribution in [3.8, 4) is 0 Å². The first-order valence-corrected chi connectivity index (χ1v) is 7.44. The van der Waals surface area contributed by atoms with Crippen LogP contribution >= 0.6 is 11.6 Å². The summed E-state index contributed by atoms with van der Waals surface area (Å²) in [6.45, 7) is 5.93. The van der Waals surface area contributed by atoms with Gasteiger partial charge in [0, 0.05) is 23.4 Å². The summed E-state index contributed by atoms with van der Waals surface area (Å²) in [5.74, 6) is 0.338. The van der Waals surface area contributed by atoms with Gasteiger partial charge < -0.3 is 5.32 Å². The highest BCUT2D eigenvalue weighted by molar-refractivity contribution is 6.31. The summed E-state index contributed by atoms with van der Waals surface area (Å²) in [6.07, 6.45) is 3.45. The molecule has 1 aliphatic rings. The van der Waals surface area contributed by atoms with Crippen molar-refractivity contribution in [1.82, 2.24) is 5.32 Å². The van der Waals surface area contributed by atoms with Gasteiger partial charge in [0.2, 0.25) is 0 Å². The van der Waals surface area contributed by atoms with E-state index in [9.17, 15) is 4.79 Å². The van der Waals surface area contributed by atoms with Crippen molar-refractivity contribution >= 4 is 17.4 Å². The third-order valence-electron chi connectivity index (χ3n) is 4.12. The molecule has 0 aliphatic carbocycles. The van der Waals surface area contributed by atoms with E-state index in [0.717, 1.165) is 43.5 Å². The molecule has 1 aliphatic heterocycles. The molecule has 0 spiro atoms. The standard InChI is InChI=1S/C16H22ClNO/c1-3-6-16(7-8-18-11-16)15(19)10-13-5-4-12(2)9-14(13)17/h4-5,9,18H,3,6-8,10-11H2,1-2H3. The second-order valence-electron chi connectivity index (χ2n) is 5.65. The van der Waals surface area contributed by atoms with Gasteiger partial charge in [0.15, 0.2) is 0 Å². The van der Waals surface area contributed by atoms with Crippen LogP contribution in [0.25, 0.3) is 0 Å². The summed E-state index contributed by atoms with van der Waals surface area (Å²) in [6, 6.07) is 5.94. The zero-order valence-corrected chi connectivity index (χ0v) is 12.5. The predicted molar refractivity (Wildman–Crippen MR) is 79.7 cm³/mol. The maximum Gasteiger partial charge on any atom is 0.144 e. The van der Waals surface area contributed by atoms with Crippen LogP contribution in [0.2, 0.25) is 5.02 Å². The van der Waals surface area contributed by atoms with Gasteiger partial charge in [-0.1, -0.05) is 37.1 Å². The zero-order valence-electron chi connectivity index (χ0n) is 11.8. The van der Waals surface area contributed by atoms with Crippen molar-refractivity contribution in [2.45, 2.75) is 39.5 Å². The maximum absolute atomic E-state index is 12.7. The van der Waals surface area contributed by atoms with Gasteiger partial charge in [-0.15, -0.1) is 0 Å². The van der Waals surface area contributed by atoms with Crippen LogP contribution < -0.4 is 5.32 Å². The lowest BCUT2D eigenvalue weighted by atomic mass is 9.76. The summed E-state index contributed by atoms with van der Waals surface area (Å²) in [4.78, 5) is 12.7. The molecule has 19 heavy (non-hydrogen) atoms. The van der Waals surface area contributed by atoms with Crippen LogP contribution in [0, 0.1) is 12.3 Å². The fraction of sp³-hybridized carbons (Fsp3) is 0.562. The number of benzene rings is 1. The quantitative estimate of drug-likeness (QED) is 0.893. The lowest BCUT2D eigenvalue weighted by Crippen LogP contribution is -2.34. The Kier molecular flexibility index (Phi) is 4.64. The molecule has 0 bridgehead atoms. The van der Waals surface area contributed by atoms with E-state index in [2.05, 4.69) is 12.2 Å². The normalized spacial score (nSPS) is 22.7. The predicted octanol–water partition coefficient (Wildman–Crippen LogP) is 3.54. The van der Waals surface area contributed by atoms with E-state index in [1.54, 1.807) is 0 Å². The topological polar surface area (TPSA) is 29.1 Å². The lowest BCUT2D eigenvalue weighted by molar-refractivity contribution is -0.127. The first-order valence-electron chi connectivity index (χ1n) is 7.06. The van der Waals surface area contributed by atoms with Gasteiger partial charge >= 0.3 is 0 Å². The molecule has 1 N–H and O–H groups in total. The molecule has 0 amide bonds. The highest BCUT2D eigenvalue weighted by Gasteiger charge is 2.39. The van der Waals surface area contributed by atoms with Crippen LogP contribution in [-0.2, 0) is 11.2 Å². The van der Waals surface area contributed by atoms with Crippen LogP contribution in [0.4, 0.5) is 0 Å². The van der Waals surface area contributed by atoms with Gasteiger partial charge in [0.05, 0.1) is 0 Å². The fourth-order valence-electron chi connectivity index (χ4n) is 2.97. The molecule has 0 aromatic heterocycles. The summed E-state index contributed by atoms with van der Waals surface area (Å²) in [5, 5.41) is 4.05. The number of nitrogens with one attached hydrogen (secondary N) is 1. The van der Waals surface area contributed by atoms with E-state index >= 15 is 0 Å². The molecule has 2 nitrogen and oxygen atoms in total. The van der Waals surface area contributed by atoms with E-state index in [0.29, 0.717) is 17.2 Å². The van der Waals surface area contributed by atoms with Gasteiger partial charge in [-0.2, -0.15) is 0 Å². The number of carbonyl (C=O) groups is 1. The first kappa shape index (κ1) is 14.5. The highest BCUT2D eigenvalue weighted by atomic mass is 35.5. The molecule has 1 saturated heterocycles. The van der Waals surface area contributed by atoms with Gasteiger partial charge in [0.1, 0.15) is 5.78 Å². The van der Waals surface area contributed by atoms with E-state index in [1.807, 2.05) is 25.1 Å². The second-order valence-corrected chi connectivity index (χ2v) is 6.06. The van der Waals surface area contributed by atoms with Gasteiger partial charge in [-0.3, -0.25) is 4.79 Å². The number of carbonyl (C=O) groups excluding carboxylic acids is 1. The molecule has 1 aromatic rings. The van der Waals surface area contributed by atoms with Crippen molar-refractivity contribution in [2.24, 2.45) is 5.41 Å². The van der Waals surface area contributed by atoms with Gasteiger partial charge in [-0.05, 0) is 43.5 Å². The highest BCUT2D eigenvalue weighted by Crippen LogP contribution is 2.34. The average Bonchev–Trinajstić information content (AvgIpc) is 2.83. The van der Waals surface area contributed by atoms with Gasteiger partial charge in [-0.25, -0.2) is 0 Å². The van der Waals surface area contributed by atoms with Crippen LogP contribution in [-0.4, -0.2) is 18.9 Å². The average molecular weight is 280 g/mol. The Balaban J connectivity index is 2.15. The number of rotatable bonds is 5. The lowest BCUT2D eigenvalue weighted by Gasteiger charge is -2.26. The van der Waals surface area contributed by atoms with E-state index in [1.165, 1.54) is 0 Å². The van der Waals surface area contributed by atoms with E-state index in [-0.39, 0.29) is 5.41 Å². The molecule has 3 heteroatoms. The van der Waals surface area contributed by atoms with Crippen molar-refractivity contribution < 1.29 is 4.79 Å². The molecule has 1 atom stereocenters. The maximum atomic E-state index is 12.7. The minimum absolute atomic E-state index is 0.164. The van der Waals surface area contributed by atoms with Crippen molar-refractivity contribution in [1.29, 1.82) is 0 Å². The first-order chi connectivity index (χ1) is 9.07. The Hall–Kier alpha value is -0.860. The fourth-order valence-corrected chi connectivity index (χ4v) is 3.27. The minimum atomic E-state index is -0.164. The third kappa shape index (κ3) is 3.18. The summed E-state index contributed by atoms with van der Waals surface area (Å²) < 4.78 is 0. The number of aryl methyl sites for hydroxylation is 1. The minimum Gasteiger partial charge on any atom is -0.316 e. The number of Topliss-reactive ketones (excluding diaryl/α,β-unsaturated/α-hetero) is 1. The Bertz CT molecular complexity index is 464. The Morgan fingerprint density at radius 3 is 2.84 bits per heavy atom. The van der Waals surface area contributed by atoms with Crippen LogP contribution in [0.15, 0.2) is 18.2 Å². The van der Waals surface area contributed by atoms with Gasteiger partial charge in [0.25, 0.3) is 0 Å². The monoisotopic (exact) mass is 279 g/mol. The number of hydrogen-bond donors (Lipinski definition) is 1. The van der Waals surface area contributed by atoms with Crippen molar-refractivity contribution in [2.75, 3.05) is 13.1 Å². The summed E-state index contributed by atoms with van der Waals surface area (Å²) in [5.41, 5.74) is 1.93. The Morgan fingerprint density at radius 1 is 1.47 bits per heavy atom. The van der Waals surface area contributed by atoms with Crippen LogP contribution in [0.1, 0.15) is 37.3 Å². The Morgan fingerprint density at radius 2 is 2.26 bits per heavy atom. The molecule has 0 saturated carbocycles. The SMILES string of the molecule is CCCC1(C(=O)Cc2ccc(C)cc2Cl)CCNC1. The van der Waals surface area contributed by atoms with Crippen LogP contribution in [0.5, 0.6) is 0 Å². The molecule has 2 rings (SSSR count). The molecular weight excluding hydrogens is 258 g/mol. The number of ketones is 1. The second kappa shape index (κ2) is 6.06. The zero-order chi connectivity index (χ0) is 13.9. The molecule has 1 unspecified atom stereocenters. The molecule has 1 fully saturated rings. The van der Waals surface area contributed by atoms with Crippen LogP contribution in [0.3, 0.4) is 0 Å². The molecule has 1 aromatic carbocycles.